The van der Waals surface area contributed by atoms with Gasteiger partial charge in [-0.1, -0.05) is 6.92 Å². The van der Waals surface area contributed by atoms with E-state index in [0.29, 0.717) is 12.1 Å². The molecule has 0 aliphatic carbocycles. The standard InChI is InChI=1S/C15H22N2O5/c1-12(15(20)21-2)11-17(7-9-22-10-8-18)14(19)13-3-5-16-6-4-13/h3-6,12,18H,7-11H2,1-2H3. The zero-order valence-electron chi connectivity index (χ0n) is 12.9. The molecule has 0 aliphatic heterocycles. The van der Waals surface area contributed by atoms with Crippen molar-refractivity contribution in [2.24, 2.45) is 5.92 Å². The van der Waals surface area contributed by atoms with Crippen molar-refractivity contribution >= 4 is 11.9 Å². The second-order valence-electron chi connectivity index (χ2n) is 4.75. The summed E-state index contributed by atoms with van der Waals surface area (Å²) < 4.78 is 9.89. The molecule has 0 aromatic carbocycles. The van der Waals surface area contributed by atoms with Gasteiger partial charge in [-0.25, -0.2) is 0 Å². The second kappa shape index (κ2) is 9.86. The average molecular weight is 310 g/mol. The van der Waals surface area contributed by atoms with Crippen LogP contribution in [0.25, 0.3) is 0 Å². The SMILES string of the molecule is COC(=O)C(C)CN(CCOCCO)C(=O)c1ccncc1. The molecule has 1 atom stereocenters. The molecule has 0 radical (unpaired) electrons. The van der Waals surface area contributed by atoms with Crippen molar-refractivity contribution in [3.05, 3.63) is 30.1 Å². The Labute approximate surface area is 129 Å². The van der Waals surface area contributed by atoms with E-state index in [-0.39, 0.29) is 38.2 Å². The highest BCUT2D eigenvalue weighted by atomic mass is 16.5. The first-order valence-electron chi connectivity index (χ1n) is 7.05. The number of methoxy groups -OCH3 is 1. The number of hydrogen-bond acceptors (Lipinski definition) is 6. The van der Waals surface area contributed by atoms with Crippen molar-refractivity contribution in [2.75, 3.05) is 40.0 Å². The molecule has 0 aliphatic rings. The summed E-state index contributed by atoms with van der Waals surface area (Å²) in [7, 11) is 1.32. The predicted octanol–water partition coefficient (Wildman–Crippen LogP) is 0.342. The third kappa shape index (κ3) is 5.79. The minimum atomic E-state index is -0.436. The smallest absolute Gasteiger partial charge is 0.310 e. The lowest BCUT2D eigenvalue weighted by Crippen LogP contribution is -2.39. The van der Waals surface area contributed by atoms with Gasteiger partial charge in [0.15, 0.2) is 0 Å². The van der Waals surface area contributed by atoms with E-state index >= 15 is 0 Å². The molecule has 1 amide bonds. The number of amides is 1. The van der Waals surface area contributed by atoms with Gasteiger partial charge < -0.3 is 19.5 Å². The van der Waals surface area contributed by atoms with E-state index in [1.165, 1.54) is 24.4 Å². The monoisotopic (exact) mass is 310 g/mol. The van der Waals surface area contributed by atoms with E-state index < -0.39 is 5.92 Å². The van der Waals surface area contributed by atoms with Gasteiger partial charge in [0.05, 0.1) is 32.8 Å². The van der Waals surface area contributed by atoms with Gasteiger partial charge in [0, 0.05) is 31.0 Å². The quantitative estimate of drug-likeness (QED) is 0.523. The number of carbonyl (C=O) groups is 2. The summed E-state index contributed by atoms with van der Waals surface area (Å²) >= 11 is 0. The summed E-state index contributed by atoms with van der Waals surface area (Å²) in [4.78, 5) is 29.5. The third-order valence-corrected chi connectivity index (χ3v) is 3.05. The van der Waals surface area contributed by atoms with Crippen LogP contribution in [0.4, 0.5) is 0 Å². The Bertz CT molecular complexity index is 466. The average Bonchev–Trinajstić information content (AvgIpc) is 2.56. The third-order valence-electron chi connectivity index (χ3n) is 3.05. The molecule has 0 fully saturated rings. The molecule has 7 heteroatoms. The molecule has 1 heterocycles. The molecule has 1 aromatic heterocycles. The summed E-state index contributed by atoms with van der Waals surface area (Å²) in [6.07, 6.45) is 3.08. The number of carbonyl (C=O) groups excluding carboxylic acids is 2. The zero-order chi connectivity index (χ0) is 16.4. The van der Waals surface area contributed by atoms with Crippen molar-refractivity contribution in [3.63, 3.8) is 0 Å². The van der Waals surface area contributed by atoms with E-state index in [9.17, 15) is 9.59 Å². The molecule has 0 spiro atoms. The molecule has 0 bridgehead atoms. The van der Waals surface area contributed by atoms with Crippen LogP contribution in [-0.2, 0) is 14.3 Å². The van der Waals surface area contributed by atoms with Crippen LogP contribution in [-0.4, -0.2) is 66.9 Å². The maximum absolute atomic E-state index is 12.5. The first-order valence-corrected chi connectivity index (χ1v) is 7.05. The minimum Gasteiger partial charge on any atom is -0.469 e. The molecule has 1 rings (SSSR count). The lowest BCUT2D eigenvalue weighted by atomic mass is 10.1. The molecule has 1 N–H and O–H groups in total. The molecule has 0 saturated carbocycles. The number of nitrogens with zero attached hydrogens (tertiary/aromatic N) is 2. The lowest BCUT2D eigenvalue weighted by molar-refractivity contribution is -0.145. The second-order valence-corrected chi connectivity index (χ2v) is 4.75. The van der Waals surface area contributed by atoms with Crippen LogP contribution >= 0.6 is 0 Å². The highest BCUT2D eigenvalue weighted by Gasteiger charge is 2.22. The topological polar surface area (TPSA) is 89.0 Å². The Hall–Kier alpha value is -1.99. The van der Waals surface area contributed by atoms with E-state index in [2.05, 4.69) is 4.98 Å². The molecule has 1 unspecified atom stereocenters. The number of esters is 1. The zero-order valence-corrected chi connectivity index (χ0v) is 12.9. The van der Waals surface area contributed by atoms with Crippen molar-refractivity contribution in [2.45, 2.75) is 6.92 Å². The summed E-state index contributed by atoms with van der Waals surface area (Å²) in [5, 5.41) is 8.70. The summed E-state index contributed by atoms with van der Waals surface area (Å²) in [6.45, 7) is 2.68. The van der Waals surface area contributed by atoms with Gasteiger partial charge in [-0.3, -0.25) is 14.6 Å². The Morgan fingerprint density at radius 1 is 1.32 bits per heavy atom. The van der Waals surface area contributed by atoms with Crippen molar-refractivity contribution < 1.29 is 24.2 Å². The number of aromatic nitrogens is 1. The fourth-order valence-electron chi connectivity index (χ4n) is 1.90. The molecule has 1 aromatic rings. The number of aliphatic hydroxyl groups is 1. The van der Waals surface area contributed by atoms with Crippen LogP contribution in [0.3, 0.4) is 0 Å². The highest BCUT2D eigenvalue weighted by Crippen LogP contribution is 2.08. The highest BCUT2D eigenvalue weighted by molar-refractivity contribution is 5.94. The maximum atomic E-state index is 12.5. The Morgan fingerprint density at radius 2 is 2.00 bits per heavy atom. The number of hydrogen-bond donors (Lipinski definition) is 1. The Kier molecular flexibility index (Phi) is 8.09. The lowest BCUT2D eigenvalue weighted by Gasteiger charge is -2.25. The van der Waals surface area contributed by atoms with Crippen LogP contribution < -0.4 is 0 Å². The van der Waals surface area contributed by atoms with Gasteiger partial charge in [-0.05, 0) is 12.1 Å². The van der Waals surface area contributed by atoms with Crippen LogP contribution in [0.5, 0.6) is 0 Å². The van der Waals surface area contributed by atoms with Gasteiger partial charge in [0.25, 0.3) is 5.91 Å². The van der Waals surface area contributed by atoms with Crippen molar-refractivity contribution in [1.82, 2.24) is 9.88 Å². The largest absolute Gasteiger partial charge is 0.469 e. The van der Waals surface area contributed by atoms with Crippen LogP contribution in [0, 0.1) is 5.92 Å². The number of pyridine rings is 1. The number of rotatable bonds is 9. The van der Waals surface area contributed by atoms with Gasteiger partial charge in [-0.2, -0.15) is 0 Å². The van der Waals surface area contributed by atoms with Crippen LogP contribution in [0.1, 0.15) is 17.3 Å². The molecule has 0 saturated heterocycles. The predicted molar refractivity (Wildman–Crippen MR) is 79.2 cm³/mol. The van der Waals surface area contributed by atoms with Gasteiger partial charge in [0.1, 0.15) is 0 Å². The van der Waals surface area contributed by atoms with E-state index in [1.54, 1.807) is 19.1 Å². The van der Waals surface area contributed by atoms with Crippen molar-refractivity contribution in [1.29, 1.82) is 0 Å². The first kappa shape index (κ1) is 18.1. The maximum Gasteiger partial charge on any atom is 0.310 e. The number of ether oxygens (including phenoxy) is 2. The first-order chi connectivity index (χ1) is 10.6. The minimum absolute atomic E-state index is 0.0726. The van der Waals surface area contributed by atoms with Gasteiger partial charge >= 0.3 is 5.97 Å². The molecular weight excluding hydrogens is 288 g/mol. The molecule has 122 valence electrons. The normalized spacial score (nSPS) is 11.8. The van der Waals surface area contributed by atoms with Crippen LogP contribution in [0.2, 0.25) is 0 Å². The fraction of sp³-hybridized carbons (Fsp3) is 0.533. The van der Waals surface area contributed by atoms with E-state index in [1.807, 2.05) is 0 Å². The Balaban J connectivity index is 2.72. The van der Waals surface area contributed by atoms with Crippen LogP contribution in [0.15, 0.2) is 24.5 Å². The van der Waals surface area contributed by atoms with E-state index in [4.69, 9.17) is 14.6 Å². The van der Waals surface area contributed by atoms with Gasteiger partial charge in [0.2, 0.25) is 0 Å². The Morgan fingerprint density at radius 3 is 2.59 bits per heavy atom. The summed E-state index contributed by atoms with van der Waals surface area (Å²) in [6, 6.07) is 3.24. The number of aliphatic hydroxyl groups excluding tert-OH is 1. The molecular formula is C15H22N2O5. The molecule has 7 nitrogen and oxygen atoms in total. The summed E-state index contributed by atoms with van der Waals surface area (Å²) in [5.74, 6) is -1.01. The van der Waals surface area contributed by atoms with Gasteiger partial charge in [-0.15, -0.1) is 0 Å². The fourth-order valence-corrected chi connectivity index (χ4v) is 1.90. The van der Waals surface area contributed by atoms with Crippen molar-refractivity contribution in [3.8, 4) is 0 Å². The summed E-state index contributed by atoms with van der Waals surface area (Å²) in [5.41, 5.74) is 0.495. The molecule has 22 heavy (non-hydrogen) atoms. The van der Waals surface area contributed by atoms with E-state index in [0.717, 1.165) is 0 Å².